The summed E-state index contributed by atoms with van der Waals surface area (Å²) in [7, 11) is 0. The first-order valence-corrected chi connectivity index (χ1v) is 7.35. The van der Waals surface area contributed by atoms with Gasteiger partial charge in [0.25, 0.3) is 0 Å². The van der Waals surface area contributed by atoms with Crippen LogP contribution >= 0.6 is 23.1 Å². The van der Waals surface area contributed by atoms with Crippen molar-refractivity contribution >= 4 is 23.1 Å². The van der Waals surface area contributed by atoms with E-state index in [1.54, 1.807) is 11.3 Å². The average Bonchev–Trinajstić information content (AvgIpc) is 2.83. The standard InChI is InChI=1S/C14H11F2NS2/c15-10-3-6-14(13(16)8-10)18-9-12-5-4-11(19-12)2-1-7-17/h3-6,8H,7,9,17H2. The Kier molecular flexibility index (Phi) is 4.97. The molecule has 0 amide bonds. The van der Waals surface area contributed by atoms with Crippen molar-refractivity contribution in [2.75, 3.05) is 6.54 Å². The lowest BCUT2D eigenvalue weighted by Gasteiger charge is -2.01. The van der Waals surface area contributed by atoms with Crippen LogP contribution in [-0.2, 0) is 5.75 Å². The molecule has 2 N–H and O–H groups in total. The van der Waals surface area contributed by atoms with Crippen LogP contribution in [0.1, 0.15) is 9.75 Å². The first-order valence-electron chi connectivity index (χ1n) is 5.54. The maximum Gasteiger partial charge on any atom is 0.139 e. The molecule has 1 aromatic heterocycles. The Morgan fingerprint density at radius 3 is 2.79 bits per heavy atom. The van der Waals surface area contributed by atoms with Crippen LogP contribution in [0.3, 0.4) is 0 Å². The molecule has 19 heavy (non-hydrogen) atoms. The Morgan fingerprint density at radius 2 is 2.05 bits per heavy atom. The fraction of sp³-hybridized carbons (Fsp3) is 0.143. The Morgan fingerprint density at radius 1 is 1.21 bits per heavy atom. The summed E-state index contributed by atoms with van der Waals surface area (Å²) < 4.78 is 26.2. The van der Waals surface area contributed by atoms with E-state index < -0.39 is 11.6 Å². The van der Waals surface area contributed by atoms with E-state index in [0.717, 1.165) is 15.8 Å². The van der Waals surface area contributed by atoms with E-state index >= 15 is 0 Å². The summed E-state index contributed by atoms with van der Waals surface area (Å²) in [6.45, 7) is 0.336. The second-order valence-corrected chi connectivity index (χ2v) is 5.82. The largest absolute Gasteiger partial charge is 0.320 e. The van der Waals surface area contributed by atoms with Gasteiger partial charge in [-0.15, -0.1) is 23.1 Å². The summed E-state index contributed by atoms with van der Waals surface area (Å²) in [6, 6.07) is 7.49. The van der Waals surface area contributed by atoms with Gasteiger partial charge in [-0.2, -0.15) is 0 Å². The number of halogens is 2. The van der Waals surface area contributed by atoms with Crippen molar-refractivity contribution in [1.82, 2.24) is 0 Å². The normalized spacial score (nSPS) is 10.1. The third-order valence-electron chi connectivity index (χ3n) is 2.24. The molecule has 0 atom stereocenters. The van der Waals surface area contributed by atoms with Gasteiger partial charge in [0.05, 0.1) is 11.4 Å². The maximum absolute atomic E-state index is 13.4. The van der Waals surface area contributed by atoms with Crippen molar-refractivity contribution in [1.29, 1.82) is 0 Å². The van der Waals surface area contributed by atoms with Crippen molar-refractivity contribution < 1.29 is 8.78 Å². The summed E-state index contributed by atoms with van der Waals surface area (Å²) in [5.41, 5.74) is 5.30. The van der Waals surface area contributed by atoms with Crippen LogP contribution in [0.25, 0.3) is 0 Å². The number of thiophene rings is 1. The maximum atomic E-state index is 13.4. The smallest absolute Gasteiger partial charge is 0.139 e. The Balaban J connectivity index is 2.00. The van der Waals surface area contributed by atoms with Gasteiger partial charge < -0.3 is 5.73 Å². The lowest BCUT2D eigenvalue weighted by molar-refractivity contribution is 0.565. The van der Waals surface area contributed by atoms with Gasteiger partial charge in [0, 0.05) is 21.6 Å². The molecule has 0 saturated carbocycles. The minimum absolute atomic E-state index is 0.336. The lowest BCUT2D eigenvalue weighted by atomic mass is 10.3. The molecule has 0 radical (unpaired) electrons. The van der Waals surface area contributed by atoms with Gasteiger partial charge in [0.1, 0.15) is 11.6 Å². The SMILES string of the molecule is NCC#Cc1ccc(CSc2ccc(F)cc2F)s1. The molecule has 0 unspecified atom stereocenters. The molecule has 1 aromatic carbocycles. The molecule has 2 rings (SSSR count). The Hall–Kier alpha value is -1.35. The highest BCUT2D eigenvalue weighted by atomic mass is 32.2. The number of nitrogens with two attached hydrogens (primary N) is 1. The van der Waals surface area contributed by atoms with Gasteiger partial charge >= 0.3 is 0 Å². The first kappa shape index (κ1) is 14.1. The summed E-state index contributed by atoms with van der Waals surface area (Å²) in [6.07, 6.45) is 0. The van der Waals surface area contributed by atoms with E-state index in [1.807, 2.05) is 12.1 Å². The van der Waals surface area contributed by atoms with Gasteiger partial charge in [-0.3, -0.25) is 0 Å². The van der Waals surface area contributed by atoms with Crippen molar-refractivity contribution in [3.63, 3.8) is 0 Å². The minimum Gasteiger partial charge on any atom is -0.320 e. The van der Waals surface area contributed by atoms with E-state index in [0.29, 0.717) is 17.2 Å². The highest BCUT2D eigenvalue weighted by Gasteiger charge is 2.06. The molecule has 2 aromatic rings. The third-order valence-corrected chi connectivity index (χ3v) is 4.52. The van der Waals surface area contributed by atoms with E-state index in [-0.39, 0.29) is 0 Å². The fourth-order valence-corrected chi connectivity index (χ4v) is 3.25. The molecule has 5 heteroatoms. The van der Waals surface area contributed by atoms with Crippen molar-refractivity contribution in [3.8, 4) is 11.8 Å². The minimum atomic E-state index is -0.558. The van der Waals surface area contributed by atoms with E-state index in [4.69, 9.17) is 5.73 Å². The van der Waals surface area contributed by atoms with Crippen LogP contribution in [0.2, 0.25) is 0 Å². The highest BCUT2D eigenvalue weighted by Crippen LogP contribution is 2.28. The van der Waals surface area contributed by atoms with Crippen LogP contribution in [0.15, 0.2) is 35.2 Å². The first-order chi connectivity index (χ1) is 9.19. The van der Waals surface area contributed by atoms with E-state index in [2.05, 4.69) is 11.8 Å². The molecular weight excluding hydrogens is 284 g/mol. The average molecular weight is 295 g/mol. The van der Waals surface area contributed by atoms with Gasteiger partial charge in [-0.25, -0.2) is 8.78 Å². The third kappa shape index (κ3) is 4.06. The second-order valence-electron chi connectivity index (χ2n) is 3.64. The van der Waals surface area contributed by atoms with Crippen molar-refractivity contribution in [2.24, 2.45) is 5.73 Å². The molecule has 1 nitrogen and oxygen atoms in total. The molecule has 0 aliphatic carbocycles. The fourth-order valence-electron chi connectivity index (χ4n) is 1.40. The lowest BCUT2D eigenvalue weighted by Crippen LogP contribution is -1.92. The summed E-state index contributed by atoms with van der Waals surface area (Å²) in [5, 5.41) is 0. The zero-order valence-corrected chi connectivity index (χ0v) is 11.6. The predicted octanol–water partition coefficient (Wildman–Crippen LogP) is 3.63. The molecule has 1 heterocycles. The van der Waals surface area contributed by atoms with Gasteiger partial charge in [-0.1, -0.05) is 11.8 Å². The van der Waals surface area contributed by atoms with Crippen LogP contribution in [0, 0.1) is 23.5 Å². The Bertz CT molecular complexity index is 626. The van der Waals surface area contributed by atoms with Crippen molar-refractivity contribution in [3.05, 3.63) is 51.7 Å². The van der Waals surface area contributed by atoms with Crippen LogP contribution < -0.4 is 5.73 Å². The van der Waals surface area contributed by atoms with Crippen LogP contribution in [-0.4, -0.2) is 6.54 Å². The zero-order chi connectivity index (χ0) is 13.7. The van der Waals surface area contributed by atoms with Gasteiger partial charge in [-0.05, 0) is 24.3 Å². The predicted molar refractivity (Wildman–Crippen MR) is 76.2 cm³/mol. The molecule has 0 aliphatic heterocycles. The van der Waals surface area contributed by atoms with Crippen LogP contribution in [0.5, 0.6) is 0 Å². The Labute approximate surface area is 118 Å². The van der Waals surface area contributed by atoms with E-state index in [1.165, 1.54) is 23.9 Å². The number of hydrogen-bond donors (Lipinski definition) is 1. The van der Waals surface area contributed by atoms with Gasteiger partial charge in [0.15, 0.2) is 0 Å². The topological polar surface area (TPSA) is 26.0 Å². The number of thioether (sulfide) groups is 1. The number of benzene rings is 1. The molecule has 98 valence electrons. The molecular formula is C14H11F2NS2. The number of hydrogen-bond acceptors (Lipinski definition) is 3. The second kappa shape index (κ2) is 6.71. The highest BCUT2D eigenvalue weighted by molar-refractivity contribution is 7.98. The molecule has 0 spiro atoms. The molecule has 0 aliphatic rings. The summed E-state index contributed by atoms with van der Waals surface area (Å²) in [4.78, 5) is 2.49. The van der Waals surface area contributed by atoms with Crippen molar-refractivity contribution in [2.45, 2.75) is 10.6 Å². The molecule has 0 fully saturated rings. The quantitative estimate of drug-likeness (QED) is 0.691. The summed E-state index contributed by atoms with van der Waals surface area (Å²) in [5.74, 6) is 5.29. The zero-order valence-electron chi connectivity index (χ0n) is 9.95. The monoisotopic (exact) mass is 295 g/mol. The molecule has 0 saturated heterocycles. The number of rotatable bonds is 3. The molecule has 0 bridgehead atoms. The van der Waals surface area contributed by atoms with E-state index in [9.17, 15) is 8.78 Å². The van der Waals surface area contributed by atoms with Gasteiger partial charge in [0.2, 0.25) is 0 Å². The summed E-state index contributed by atoms with van der Waals surface area (Å²) >= 11 is 2.90. The van der Waals surface area contributed by atoms with Crippen LogP contribution in [0.4, 0.5) is 8.78 Å².